The summed E-state index contributed by atoms with van der Waals surface area (Å²) in [6, 6.07) is 1.91. The molecule has 3 heteroatoms. The molecule has 0 bridgehead atoms. The molecule has 13 heavy (non-hydrogen) atoms. The van der Waals surface area contributed by atoms with Crippen molar-refractivity contribution in [1.29, 1.82) is 0 Å². The maximum Gasteiger partial charge on any atom is 0.0574 e. The Bertz CT molecular complexity index is 281. The van der Waals surface area contributed by atoms with Gasteiger partial charge in [-0.1, -0.05) is 12.2 Å². The van der Waals surface area contributed by atoms with Crippen LogP contribution in [0.15, 0.2) is 24.5 Å². The molecule has 3 nitrogen and oxygen atoms in total. The van der Waals surface area contributed by atoms with Crippen molar-refractivity contribution in [2.75, 3.05) is 19.3 Å². The number of nitrogens with zero attached hydrogens (tertiary/aromatic N) is 1. The fourth-order valence-corrected chi connectivity index (χ4v) is 1.01. The van der Waals surface area contributed by atoms with Gasteiger partial charge >= 0.3 is 0 Å². The van der Waals surface area contributed by atoms with Crippen molar-refractivity contribution in [2.45, 2.75) is 6.42 Å². The molecule has 0 unspecified atom stereocenters. The number of aromatic nitrogens is 1. The van der Waals surface area contributed by atoms with E-state index in [9.17, 15) is 0 Å². The molecular formula is C10H15N3. The minimum Gasteiger partial charge on any atom is -0.397 e. The van der Waals surface area contributed by atoms with Crippen LogP contribution in [0.4, 0.5) is 5.69 Å². The third kappa shape index (κ3) is 3.25. The summed E-state index contributed by atoms with van der Waals surface area (Å²) in [6.07, 6.45) is 8.54. The molecule has 0 atom stereocenters. The predicted octanol–water partition coefficient (Wildman–Crippen LogP) is 1.29. The van der Waals surface area contributed by atoms with Gasteiger partial charge in [0.1, 0.15) is 0 Å². The topological polar surface area (TPSA) is 50.9 Å². The Balaban J connectivity index is 2.53. The highest BCUT2D eigenvalue weighted by Gasteiger charge is 1.91. The maximum absolute atomic E-state index is 5.71. The van der Waals surface area contributed by atoms with E-state index in [2.05, 4.69) is 16.4 Å². The molecule has 0 aliphatic carbocycles. The third-order valence-corrected chi connectivity index (χ3v) is 1.75. The minimum atomic E-state index is 0.725. The molecule has 3 N–H and O–H groups in total. The second-order valence-corrected chi connectivity index (χ2v) is 2.80. The van der Waals surface area contributed by atoms with Crippen LogP contribution in [-0.4, -0.2) is 18.6 Å². The number of anilines is 1. The smallest absolute Gasteiger partial charge is 0.0574 e. The molecule has 0 aliphatic rings. The van der Waals surface area contributed by atoms with Crippen molar-refractivity contribution in [2.24, 2.45) is 0 Å². The number of hydrogen-bond acceptors (Lipinski definition) is 3. The standard InChI is InChI=1S/C10H15N3/c1-12-6-3-2-4-9-5-7-13-8-10(9)11/h2,4-5,7-8,12H,3,6,11H2,1H3. The molecule has 0 amide bonds. The van der Waals surface area contributed by atoms with Crippen LogP contribution in [0.2, 0.25) is 0 Å². The lowest BCUT2D eigenvalue weighted by atomic mass is 10.2. The number of hydrogen-bond donors (Lipinski definition) is 2. The lowest BCUT2D eigenvalue weighted by Gasteiger charge is -1.97. The van der Waals surface area contributed by atoms with Crippen LogP contribution < -0.4 is 11.1 Å². The molecule has 0 aliphatic heterocycles. The normalized spacial score (nSPS) is 10.8. The first-order chi connectivity index (χ1) is 6.34. The highest BCUT2D eigenvalue weighted by molar-refractivity contribution is 5.62. The van der Waals surface area contributed by atoms with Gasteiger partial charge in [0, 0.05) is 11.8 Å². The first-order valence-corrected chi connectivity index (χ1v) is 4.35. The molecule has 0 radical (unpaired) electrons. The van der Waals surface area contributed by atoms with E-state index in [1.54, 1.807) is 12.4 Å². The Hall–Kier alpha value is -1.35. The van der Waals surface area contributed by atoms with Crippen LogP contribution in [0.25, 0.3) is 6.08 Å². The number of nitrogens with one attached hydrogen (secondary N) is 1. The Labute approximate surface area is 78.7 Å². The fraction of sp³-hybridized carbons (Fsp3) is 0.300. The van der Waals surface area contributed by atoms with Gasteiger partial charge in [-0.2, -0.15) is 0 Å². The maximum atomic E-state index is 5.71. The van der Waals surface area contributed by atoms with Crippen LogP contribution in [0, 0.1) is 0 Å². The van der Waals surface area contributed by atoms with Gasteiger partial charge in [0.25, 0.3) is 0 Å². The van der Waals surface area contributed by atoms with E-state index in [1.807, 2.05) is 19.2 Å². The average Bonchev–Trinajstić information content (AvgIpc) is 2.15. The van der Waals surface area contributed by atoms with Crippen molar-refractivity contribution < 1.29 is 0 Å². The first kappa shape index (κ1) is 9.74. The molecule has 0 saturated heterocycles. The monoisotopic (exact) mass is 177 g/mol. The highest BCUT2D eigenvalue weighted by Crippen LogP contribution is 2.10. The zero-order valence-corrected chi connectivity index (χ0v) is 7.83. The van der Waals surface area contributed by atoms with E-state index in [0.29, 0.717) is 0 Å². The number of rotatable bonds is 4. The molecule has 1 aromatic rings. The largest absolute Gasteiger partial charge is 0.397 e. The second kappa shape index (κ2) is 5.32. The van der Waals surface area contributed by atoms with E-state index >= 15 is 0 Å². The summed E-state index contributed by atoms with van der Waals surface area (Å²) in [5, 5.41) is 3.07. The molecule has 1 aromatic heterocycles. The van der Waals surface area contributed by atoms with Crippen LogP contribution in [-0.2, 0) is 0 Å². The Morgan fingerprint density at radius 3 is 3.15 bits per heavy atom. The molecule has 0 aromatic carbocycles. The third-order valence-electron chi connectivity index (χ3n) is 1.75. The summed E-state index contributed by atoms with van der Waals surface area (Å²) < 4.78 is 0. The number of pyridine rings is 1. The van der Waals surface area contributed by atoms with Crippen LogP contribution in [0.5, 0.6) is 0 Å². The molecule has 0 saturated carbocycles. The lowest BCUT2D eigenvalue weighted by molar-refractivity contribution is 0.809. The molecule has 70 valence electrons. The van der Waals surface area contributed by atoms with E-state index in [0.717, 1.165) is 24.2 Å². The fourth-order valence-electron chi connectivity index (χ4n) is 1.01. The summed E-state index contributed by atoms with van der Waals surface area (Å²) in [7, 11) is 1.94. The summed E-state index contributed by atoms with van der Waals surface area (Å²) >= 11 is 0. The van der Waals surface area contributed by atoms with Gasteiger partial charge in [-0.3, -0.25) is 4.98 Å². The molecule has 0 fully saturated rings. The quantitative estimate of drug-likeness (QED) is 0.681. The van der Waals surface area contributed by atoms with Crippen molar-refractivity contribution in [3.63, 3.8) is 0 Å². The van der Waals surface area contributed by atoms with Crippen molar-refractivity contribution >= 4 is 11.8 Å². The van der Waals surface area contributed by atoms with Crippen molar-refractivity contribution in [1.82, 2.24) is 10.3 Å². The average molecular weight is 177 g/mol. The highest BCUT2D eigenvalue weighted by atomic mass is 14.8. The minimum absolute atomic E-state index is 0.725. The summed E-state index contributed by atoms with van der Waals surface area (Å²) in [5.41, 5.74) is 7.46. The molecule has 0 spiro atoms. The lowest BCUT2D eigenvalue weighted by Crippen LogP contribution is -2.05. The zero-order chi connectivity index (χ0) is 9.52. The second-order valence-electron chi connectivity index (χ2n) is 2.80. The van der Waals surface area contributed by atoms with E-state index in [4.69, 9.17) is 5.73 Å². The molecule has 1 rings (SSSR count). The zero-order valence-electron chi connectivity index (χ0n) is 7.83. The molecular weight excluding hydrogens is 162 g/mol. The van der Waals surface area contributed by atoms with Gasteiger partial charge in [0.05, 0.1) is 11.9 Å². The summed E-state index contributed by atoms with van der Waals surface area (Å²) in [4.78, 5) is 3.92. The number of nitrogens with two attached hydrogens (primary N) is 1. The van der Waals surface area contributed by atoms with Gasteiger partial charge in [0.15, 0.2) is 0 Å². The van der Waals surface area contributed by atoms with Gasteiger partial charge in [-0.15, -0.1) is 0 Å². The van der Waals surface area contributed by atoms with Gasteiger partial charge in [-0.05, 0) is 26.1 Å². The van der Waals surface area contributed by atoms with Crippen molar-refractivity contribution in [3.05, 3.63) is 30.1 Å². The van der Waals surface area contributed by atoms with E-state index < -0.39 is 0 Å². The molecule has 1 heterocycles. The van der Waals surface area contributed by atoms with Gasteiger partial charge in [-0.25, -0.2) is 0 Å². The van der Waals surface area contributed by atoms with Crippen LogP contribution in [0.3, 0.4) is 0 Å². The Morgan fingerprint density at radius 2 is 2.46 bits per heavy atom. The predicted molar refractivity (Wildman–Crippen MR) is 56.2 cm³/mol. The van der Waals surface area contributed by atoms with E-state index in [-0.39, 0.29) is 0 Å². The first-order valence-electron chi connectivity index (χ1n) is 4.35. The SMILES string of the molecule is CNCCC=Cc1ccncc1N. The van der Waals surface area contributed by atoms with Crippen LogP contribution >= 0.6 is 0 Å². The van der Waals surface area contributed by atoms with Gasteiger partial charge in [0.2, 0.25) is 0 Å². The van der Waals surface area contributed by atoms with Crippen LogP contribution in [0.1, 0.15) is 12.0 Å². The van der Waals surface area contributed by atoms with Gasteiger partial charge < -0.3 is 11.1 Å². The Morgan fingerprint density at radius 1 is 1.62 bits per heavy atom. The number of nitrogen functional groups attached to an aromatic ring is 1. The van der Waals surface area contributed by atoms with Crippen molar-refractivity contribution in [3.8, 4) is 0 Å². The Kier molecular flexibility index (Phi) is 3.99. The summed E-state index contributed by atoms with van der Waals surface area (Å²) in [5.74, 6) is 0. The van der Waals surface area contributed by atoms with E-state index in [1.165, 1.54) is 0 Å². The summed E-state index contributed by atoms with van der Waals surface area (Å²) in [6.45, 7) is 0.988.